The molecule has 0 aromatic rings. The van der Waals surface area contributed by atoms with Gasteiger partial charge in [-0.25, -0.2) is 4.79 Å². The number of carbonyl (C=O) groups excluding carboxylic acids is 1. The Morgan fingerprint density at radius 2 is 2.00 bits per heavy atom. The number of nitrogens with two attached hydrogens (primary N) is 1. The van der Waals surface area contributed by atoms with Crippen LogP contribution in [0.2, 0.25) is 0 Å². The molecule has 2 amide bonds. The van der Waals surface area contributed by atoms with Crippen molar-refractivity contribution < 1.29 is 4.79 Å². The van der Waals surface area contributed by atoms with Crippen molar-refractivity contribution in [3.05, 3.63) is 0 Å². The summed E-state index contributed by atoms with van der Waals surface area (Å²) in [6.07, 6.45) is 0.565. The second-order valence-corrected chi connectivity index (χ2v) is 3.95. The minimum Gasteiger partial charge on any atom is -0.393 e. The molecule has 0 aliphatic carbocycles. The third-order valence-corrected chi connectivity index (χ3v) is 2.43. The first-order valence-corrected chi connectivity index (χ1v) is 5.07. The van der Waals surface area contributed by atoms with E-state index in [4.69, 9.17) is 18.0 Å². The van der Waals surface area contributed by atoms with E-state index in [1.165, 1.54) is 0 Å². The highest BCUT2D eigenvalue weighted by atomic mass is 32.1. The van der Waals surface area contributed by atoms with E-state index in [0.717, 1.165) is 0 Å². The van der Waals surface area contributed by atoms with Gasteiger partial charge in [-0.15, -0.1) is 0 Å². The Bertz CT molecular complexity index is 220. The number of hydrogen-bond acceptors (Lipinski definition) is 2. The molecule has 0 saturated carbocycles. The van der Waals surface area contributed by atoms with Crippen molar-refractivity contribution in [1.82, 2.24) is 9.80 Å². The first-order chi connectivity index (χ1) is 6.40. The summed E-state index contributed by atoms with van der Waals surface area (Å²) < 4.78 is 0. The predicted octanol–water partition coefficient (Wildman–Crippen LogP) is 1.05. The zero-order valence-electron chi connectivity index (χ0n) is 9.28. The number of urea groups is 1. The molecule has 0 fully saturated rings. The van der Waals surface area contributed by atoms with Gasteiger partial charge in [0.25, 0.3) is 0 Å². The third-order valence-electron chi connectivity index (χ3n) is 2.26. The highest BCUT2D eigenvalue weighted by Gasteiger charge is 2.18. The van der Waals surface area contributed by atoms with Crippen LogP contribution in [0.25, 0.3) is 0 Å². The Hall–Kier alpha value is -0.840. The van der Waals surface area contributed by atoms with Crippen LogP contribution in [0.1, 0.15) is 20.3 Å². The SMILES string of the molecule is CCN(C)C(=O)N(C)C(C)CC(N)=S. The van der Waals surface area contributed by atoms with E-state index < -0.39 is 0 Å². The smallest absolute Gasteiger partial charge is 0.319 e. The average Bonchev–Trinajstić information content (AvgIpc) is 2.13. The molecule has 0 rings (SSSR count). The van der Waals surface area contributed by atoms with Crippen LogP contribution in [0, 0.1) is 0 Å². The largest absolute Gasteiger partial charge is 0.393 e. The highest BCUT2D eigenvalue weighted by Crippen LogP contribution is 2.04. The molecule has 0 bridgehead atoms. The van der Waals surface area contributed by atoms with Crippen LogP contribution in [0.4, 0.5) is 4.79 Å². The Morgan fingerprint density at radius 1 is 1.50 bits per heavy atom. The molecule has 0 saturated heterocycles. The summed E-state index contributed by atoms with van der Waals surface area (Å²) in [7, 11) is 3.53. The van der Waals surface area contributed by atoms with Gasteiger partial charge < -0.3 is 15.5 Å². The molecule has 0 aromatic heterocycles. The summed E-state index contributed by atoms with van der Waals surface area (Å²) in [6, 6.07) is 0.0465. The maximum atomic E-state index is 11.7. The topological polar surface area (TPSA) is 49.6 Å². The summed E-state index contributed by atoms with van der Waals surface area (Å²) in [5, 5.41) is 0. The van der Waals surface area contributed by atoms with Crippen LogP contribution in [0.5, 0.6) is 0 Å². The maximum absolute atomic E-state index is 11.7. The zero-order chi connectivity index (χ0) is 11.3. The molecule has 0 radical (unpaired) electrons. The van der Waals surface area contributed by atoms with Crippen molar-refractivity contribution in [2.24, 2.45) is 5.73 Å². The lowest BCUT2D eigenvalue weighted by Crippen LogP contribution is -2.44. The lowest BCUT2D eigenvalue weighted by atomic mass is 10.2. The molecule has 0 aliphatic heterocycles. The lowest BCUT2D eigenvalue weighted by molar-refractivity contribution is 0.162. The van der Waals surface area contributed by atoms with Crippen LogP contribution in [-0.4, -0.2) is 47.5 Å². The van der Waals surface area contributed by atoms with E-state index in [1.54, 1.807) is 23.9 Å². The Kier molecular flexibility index (Phi) is 5.45. The zero-order valence-corrected chi connectivity index (χ0v) is 10.1. The summed E-state index contributed by atoms with van der Waals surface area (Å²) in [5.41, 5.74) is 5.42. The Morgan fingerprint density at radius 3 is 2.36 bits per heavy atom. The van der Waals surface area contributed by atoms with Crippen molar-refractivity contribution in [3.63, 3.8) is 0 Å². The van der Waals surface area contributed by atoms with Crippen LogP contribution in [-0.2, 0) is 0 Å². The van der Waals surface area contributed by atoms with E-state index in [1.807, 2.05) is 13.8 Å². The van der Waals surface area contributed by atoms with Gasteiger partial charge in [0, 0.05) is 33.1 Å². The van der Waals surface area contributed by atoms with Gasteiger partial charge in [-0.3, -0.25) is 0 Å². The quantitative estimate of drug-likeness (QED) is 0.716. The predicted molar refractivity (Wildman–Crippen MR) is 62.3 cm³/mol. The molecular formula is C9H19N3OS. The number of thiocarbonyl (C=S) groups is 1. The van der Waals surface area contributed by atoms with Gasteiger partial charge in [-0.05, 0) is 13.8 Å². The van der Waals surface area contributed by atoms with E-state index in [0.29, 0.717) is 18.0 Å². The fourth-order valence-corrected chi connectivity index (χ4v) is 1.26. The third kappa shape index (κ3) is 3.91. The van der Waals surface area contributed by atoms with Gasteiger partial charge in [0.15, 0.2) is 0 Å². The average molecular weight is 217 g/mol. The van der Waals surface area contributed by atoms with Crippen molar-refractivity contribution in [3.8, 4) is 0 Å². The molecule has 1 unspecified atom stereocenters. The number of nitrogens with zero attached hydrogens (tertiary/aromatic N) is 2. The molecule has 14 heavy (non-hydrogen) atoms. The summed E-state index contributed by atoms with van der Waals surface area (Å²) in [5.74, 6) is 0. The van der Waals surface area contributed by atoms with Gasteiger partial charge in [-0.2, -0.15) is 0 Å². The number of carbonyl (C=O) groups is 1. The molecule has 2 N–H and O–H groups in total. The molecule has 5 heteroatoms. The van der Waals surface area contributed by atoms with E-state index in [-0.39, 0.29) is 12.1 Å². The summed E-state index contributed by atoms with van der Waals surface area (Å²) in [4.78, 5) is 15.4. The van der Waals surface area contributed by atoms with Gasteiger partial charge in [-0.1, -0.05) is 12.2 Å². The Balaban J connectivity index is 4.23. The molecule has 4 nitrogen and oxygen atoms in total. The summed E-state index contributed by atoms with van der Waals surface area (Å²) >= 11 is 4.80. The normalized spacial score (nSPS) is 12.0. The molecule has 0 spiro atoms. The number of amides is 2. The van der Waals surface area contributed by atoms with E-state index in [2.05, 4.69) is 0 Å². The second-order valence-electron chi connectivity index (χ2n) is 3.43. The number of hydrogen-bond donors (Lipinski definition) is 1. The van der Waals surface area contributed by atoms with E-state index >= 15 is 0 Å². The summed E-state index contributed by atoms with van der Waals surface area (Å²) in [6.45, 7) is 4.56. The van der Waals surface area contributed by atoms with Crippen molar-refractivity contribution in [1.29, 1.82) is 0 Å². The fourth-order valence-electron chi connectivity index (χ4n) is 1.02. The van der Waals surface area contributed by atoms with Crippen molar-refractivity contribution >= 4 is 23.2 Å². The maximum Gasteiger partial charge on any atom is 0.319 e. The number of rotatable bonds is 4. The lowest BCUT2D eigenvalue weighted by Gasteiger charge is -2.28. The highest BCUT2D eigenvalue weighted by molar-refractivity contribution is 7.80. The molecule has 1 atom stereocenters. The first kappa shape index (κ1) is 13.2. The van der Waals surface area contributed by atoms with Gasteiger partial charge in [0.1, 0.15) is 0 Å². The second kappa shape index (κ2) is 5.80. The van der Waals surface area contributed by atoms with Gasteiger partial charge in [0.05, 0.1) is 4.99 Å². The van der Waals surface area contributed by atoms with Crippen LogP contribution >= 0.6 is 12.2 Å². The minimum atomic E-state index is -0.00347. The molecular weight excluding hydrogens is 198 g/mol. The standard InChI is InChI=1S/C9H19N3OS/c1-5-11(3)9(13)12(4)7(2)6-8(10)14/h7H,5-6H2,1-4H3,(H2,10,14). The molecule has 0 aliphatic rings. The van der Waals surface area contributed by atoms with Crippen LogP contribution in [0.15, 0.2) is 0 Å². The fraction of sp³-hybridized carbons (Fsp3) is 0.778. The van der Waals surface area contributed by atoms with Gasteiger partial charge >= 0.3 is 6.03 Å². The first-order valence-electron chi connectivity index (χ1n) is 4.66. The molecule has 0 heterocycles. The van der Waals surface area contributed by atoms with E-state index in [9.17, 15) is 4.79 Å². The molecule has 82 valence electrons. The van der Waals surface area contributed by atoms with Crippen LogP contribution < -0.4 is 5.73 Å². The van der Waals surface area contributed by atoms with Gasteiger partial charge in [0.2, 0.25) is 0 Å². The monoisotopic (exact) mass is 217 g/mol. The minimum absolute atomic E-state index is 0.00347. The Labute approximate surface area is 91.0 Å². The van der Waals surface area contributed by atoms with Crippen molar-refractivity contribution in [2.75, 3.05) is 20.6 Å². The van der Waals surface area contributed by atoms with Crippen molar-refractivity contribution in [2.45, 2.75) is 26.3 Å². The van der Waals surface area contributed by atoms with Crippen LogP contribution in [0.3, 0.4) is 0 Å². The molecule has 0 aromatic carbocycles.